The number of fused-ring (bicyclic) bond motifs is 1. The number of ether oxygens (including phenoxy) is 2. The van der Waals surface area contributed by atoms with Crippen molar-refractivity contribution < 1.29 is 14.3 Å². The summed E-state index contributed by atoms with van der Waals surface area (Å²) in [6.45, 7) is 1.70. The monoisotopic (exact) mass is 366 g/mol. The van der Waals surface area contributed by atoms with Crippen molar-refractivity contribution in [3.05, 3.63) is 60.7 Å². The first kappa shape index (κ1) is 17.6. The number of aromatic nitrogens is 3. The molecule has 1 fully saturated rings. The molecule has 7 nitrogen and oxygen atoms in total. The van der Waals surface area contributed by atoms with Gasteiger partial charge in [0, 0.05) is 12.8 Å². The van der Waals surface area contributed by atoms with E-state index < -0.39 is 0 Å². The van der Waals surface area contributed by atoms with E-state index in [1.54, 1.807) is 12.5 Å². The number of hydrogen-bond donors (Lipinski definition) is 1. The molecule has 1 aromatic carbocycles. The maximum atomic E-state index is 12.6. The van der Waals surface area contributed by atoms with Crippen molar-refractivity contribution >= 4 is 16.9 Å². The number of para-hydroxylation sites is 2. The van der Waals surface area contributed by atoms with Crippen molar-refractivity contribution in [2.75, 3.05) is 13.2 Å². The van der Waals surface area contributed by atoms with E-state index in [1.165, 1.54) is 0 Å². The standard InChI is InChI=1S/C20H22N4O3/c25-20(11-24-14-22-16-6-1-2-7-18(16)24)23-17-8-10-26-13-19(17)27-12-15-5-3-4-9-21-15/h1-7,9,14,17,19H,8,10-13H2,(H,23,25)/t17-,19-/m1/s1. The van der Waals surface area contributed by atoms with Gasteiger partial charge in [0.1, 0.15) is 12.6 Å². The number of nitrogens with one attached hydrogen (secondary N) is 1. The summed E-state index contributed by atoms with van der Waals surface area (Å²) in [6, 6.07) is 13.4. The van der Waals surface area contributed by atoms with E-state index in [0.717, 1.165) is 23.1 Å². The third-order valence-corrected chi connectivity index (χ3v) is 4.66. The van der Waals surface area contributed by atoms with Gasteiger partial charge in [-0.25, -0.2) is 4.98 Å². The van der Waals surface area contributed by atoms with Crippen molar-refractivity contribution in [1.82, 2.24) is 19.9 Å². The fourth-order valence-electron chi connectivity index (χ4n) is 3.26. The predicted octanol–water partition coefficient (Wildman–Crippen LogP) is 1.92. The Hall–Kier alpha value is -2.77. The lowest BCUT2D eigenvalue weighted by Gasteiger charge is -2.32. The molecule has 3 aromatic rings. The first-order chi connectivity index (χ1) is 13.3. The molecule has 3 heterocycles. The molecule has 1 N–H and O–H groups in total. The Kier molecular flexibility index (Phi) is 5.41. The summed E-state index contributed by atoms with van der Waals surface area (Å²) in [5.41, 5.74) is 2.69. The Morgan fingerprint density at radius 1 is 1.22 bits per heavy atom. The van der Waals surface area contributed by atoms with Gasteiger partial charge in [0.15, 0.2) is 0 Å². The van der Waals surface area contributed by atoms with Crippen LogP contribution in [0.1, 0.15) is 12.1 Å². The Labute approximate surface area is 157 Å². The van der Waals surface area contributed by atoms with Crippen LogP contribution in [0.5, 0.6) is 0 Å². The first-order valence-corrected chi connectivity index (χ1v) is 9.08. The van der Waals surface area contributed by atoms with E-state index in [-0.39, 0.29) is 24.6 Å². The second kappa shape index (κ2) is 8.28. The second-order valence-corrected chi connectivity index (χ2v) is 6.57. The van der Waals surface area contributed by atoms with E-state index in [4.69, 9.17) is 9.47 Å². The molecular weight excluding hydrogens is 344 g/mol. The molecule has 0 bridgehead atoms. The van der Waals surface area contributed by atoms with Crippen LogP contribution < -0.4 is 5.32 Å². The van der Waals surface area contributed by atoms with Crippen LogP contribution >= 0.6 is 0 Å². The molecule has 2 atom stereocenters. The minimum atomic E-state index is -0.191. The molecule has 1 aliphatic heterocycles. The number of rotatable bonds is 6. The van der Waals surface area contributed by atoms with Crippen molar-refractivity contribution in [2.45, 2.75) is 31.7 Å². The highest BCUT2D eigenvalue weighted by Crippen LogP contribution is 2.15. The van der Waals surface area contributed by atoms with Crippen LogP contribution in [0.2, 0.25) is 0 Å². The minimum absolute atomic E-state index is 0.0588. The number of benzene rings is 1. The van der Waals surface area contributed by atoms with Crippen LogP contribution in [0.4, 0.5) is 0 Å². The number of hydrogen-bond acceptors (Lipinski definition) is 5. The highest BCUT2D eigenvalue weighted by atomic mass is 16.5. The van der Waals surface area contributed by atoms with Gasteiger partial charge in [0.25, 0.3) is 0 Å². The molecule has 1 saturated heterocycles. The summed E-state index contributed by atoms with van der Waals surface area (Å²) in [5, 5.41) is 3.10. The van der Waals surface area contributed by atoms with Crippen molar-refractivity contribution in [2.24, 2.45) is 0 Å². The molecule has 0 radical (unpaired) electrons. The highest BCUT2D eigenvalue weighted by Gasteiger charge is 2.28. The van der Waals surface area contributed by atoms with E-state index in [2.05, 4.69) is 15.3 Å². The van der Waals surface area contributed by atoms with Gasteiger partial charge in [0.2, 0.25) is 5.91 Å². The van der Waals surface area contributed by atoms with Gasteiger partial charge in [-0.05, 0) is 30.7 Å². The number of nitrogens with zero attached hydrogens (tertiary/aromatic N) is 3. The Morgan fingerprint density at radius 2 is 2.11 bits per heavy atom. The first-order valence-electron chi connectivity index (χ1n) is 9.08. The number of carbonyl (C=O) groups is 1. The van der Waals surface area contributed by atoms with Crippen LogP contribution in [-0.4, -0.2) is 45.8 Å². The maximum absolute atomic E-state index is 12.6. The summed E-state index contributed by atoms with van der Waals surface area (Å²) < 4.78 is 13.4. The van der Waals surface area contributed by atoms with Crippen molar-refractivity contribution in [3.8, 4) is 0 Å². The molecule has 2 aromatic heterocycles. The topological polar surface area (TPSA) is 78.3 Å². The minimum Gasteiger partial charge on any atom is -0.379 e. The average molecular weight is 366 g/mol. The molecule has 27 heavy (non-hydrogen) atoms. The third kappa shape index (κ3) is 4.32. The fraction of sp³-hybridized carbons (Fsp3) is 0.350. The Morgan fingerprint density at radius 3 is 3.00 bits per heavy atom. The summed E-state index contributed by atoms with van der Waals surface area (Å²) in [7, 11) is 0. The number of carbonyl (C=O) groups excluding carboxylic acids is 1. The number of amides is 1. The SMILES string of the molecule is O=C(Cn1cnc2ccccc21)N[C@@H]1CCOC[C@H]1OCc1ccccn1. The summed E-state index contributed by atoms with van der Waals surface area (Å²) >= 11 is 0. The Balaban J connectivity index is 1.36. The molecule has 0 aliphatic carbocycles. The largest absolute Gasteiger partial charge is 0.379 e. The van der Waals surface area contributed by atoms with Crippen molar-refractivity contribution in [1.29, 1.82) is 0 Å². The van der Waals surface area contributed by atoms with Crippen LogP contribution in [0, 0.1) is 0 Å². The molecule has 7 heteroatoms. The van der Waals surface area contributed by atoms with E-state index in [9.17, 15) is 4.79 Å². The molecule has 140 valence electrons. The lowest BCUT2D eigenvalue weighted by molar-refractivity contribution is -0.127. The normalized spacial score (nSPS) is 19.9. The van der Waals surface area contributed by atoms with Crippen LogP contribution in [0.25, 0.3) is 11.0 Å². The molecule has 0 spiro atoms. The fourth-order valence-corrected chi connectivity index (χ4v) is 3.26. The molecule has 1 aliphatic rings. The molecule has 1 amide bonds. The highest BCUT2D eigenvalue weighted by molar-refractivity contribution is 5.80. The maximum Gasteiger partial charge on any atom is 0.240 e. The summed E-state index contributed by atoms with van der Waals surface area (Å²) in [4.78, 5) is 21.2. The van der Waals surface area contributed by atoms with E-state index >= 15 is 0 Å². The van der Waals surface area contributed by atoms with E-state index in [1.807, 2.05) is 47.0 Å². The third-order valence-electron chi connectivity index (χ3n) is 4.66. The lowest BCUT2D eigenvalue weighted by atomic mass is 10.1. The zero-order valence-corrected chi connectivity index (χ0v) is 15.0. The van der Waals surface area contributed by atoms with E-state index in [0.29, 0.717) is 19.8 Å². The van der Waals surface area contributed by atoms with Gasteiger partial charge in [-0.1, -0.05) is 18.2 Å². The van der Waals surface area contributed by atoms with Gasteiger partial charge in [-0.3, -0.25) is 9.78 Å². The van der Waals surface area contributed by atoms with Gasteiger partial charge >= 0.3 is 0 Å². The average Bonchev–Trinajstić information content (AvgIpc) is 3.11. The quantitative estimate of drug-likeness (QED) is 0.721. The smallest absolute Gasteiger partial charge is 0.240 e. The molecule has 0 saturated carbocycles. The van der Waals surface area contributed by atoms with Gasteiger partial charge in [-0.2, -0.15) is 0 Å². The van der Waals surface area contributed by atoms with Gasteiger partial charge in [0.05, 0.1) is 42.3 Å². The predicted molar refractivity (Wildman–Crippen MR) is 99.9 cm³/mol. The van der Waals surface area contributed by atoms with Gasteiger partial charge < -0.3 is 19.4 Å². The second-order valence-electron chi connectivity index (χ2n) is 6.57. The van der Waals surface area contributed by atoms with Crippen molar-refractivity contribution in [3.63, 3.8) is 0 Å². The molecule has 0 unspecified atom stereocenters. The number of pyridine rings is 1. The molecular formula is C20H22N4O3. The van der Waals surface area contributed by atoms with Crippen LogP contribution in [0.3, 0.4) is 0 Å². The summed E-state index contributed by atoms with van der Waals surface area (Å²) in [6.07, 6.45) is 3.97. The van der Waals surface area contributed by atoms with Crippen LogP contribution in [0.15, 0.2) is 55.0 Å². The van der Waals surface area contributed by atoms with Gasteiger partial charge in [-0.15, -0.1) is 0 Å². The zero-order valence-electron chi connectivity index (χ0n) is 15.0. The Bertz CT molecular complexity index is 896. The molecule has 4 rings (SSSR count). The zero-order chi connectivity index (χ0) is 18.5. The lowest BCUT2D eigenvalue weighted by Crippen LogP contribution is -2.50. The number of imidazole rings is 1. The summed E-state index contributed by atoms with van der Waals surface area (Å²) in [5.74, 6) is -0.0588. The van der Waals surface area contributed by atoms with Crippen LogP contribution in [-0.2, 0) is 27.4 Å².